The van der Waals surface area contributed by atoms with Crippen molar-refractivity contribution < 1.29 is 14.3 Å². The quantitative estimate of drug-likeness (QED) is 0.469. The normalized spacial score (nSPS) is 15.4. The molecule has 6 nitrogen and oxygen atoms in total. The van der Waals surface area contributed by atoms with E-state index in [0.29, 0.717) is 16.6 Å². The summed E-state index contributed by atoms with van der Waals surface area (Å²) in [7, 11) is 0. The van der Waals surface area contributed by atoms with Crippen molar-refractivity contribution in [2.75, 3.05) is 0 Å². The third-order valence-corrected chi connectivity index (χ3v) is 6.27. The summed E-state index contributed by atoms with van der Waals surface area (Å²) in [5, 5.41) is 8.63. The standard InChI is InChI=1S/C23H27Cl2N3O3/c1-14-18(15(2)28(27-14)13-19-20(24)9-6-10-21(19)25)11-12-22(29)31-16(3)23(30)26-17-7-4-5-8-17/h6,9-12,16-17H,4-5,7-8,13H2,1-3H3,(H,26,30)/b12-11+. The summed E-state index contributed by atoms with van der Waals surface area (Å²) in [5.41, 5.74) is 3.22. The van der Waals surface area contributed by atoms with Gasteiger partial charge in [-0.3, -0.25) is 9.48 Å². The molecule has 1 heterocycles. The molecular weight excluding hydrogens is 437 g/mol. The van der Waals surface area contributed by atoms with E-state index in [1.807, 2.05) is 13.8 Å². The highest BCUT2D eigenvalue weighted by Crippen LogP contribution is 2.26. The zero-order chi connectivity index (χ0) is 22.5. The molecule has 0 spiro atoms. The van der Waals surface area contributed by atoms with Gasteiger partial charge >= 0.3 is 5.97 Å². The second-order valence-corrected chi connectivity index (χ2v) is 8.66. The van der Waals surface area contributed by atoms with E-state index in [1.54, 1.807) is 35.9 Å². The molecule has 8 heteroatoms. The minimum atomic E-state index is -0.843. The van der Waals surface area contributed by atoms with Crippen molar-refractivity contribution in [2.24, 2.45) is 0 Å². The number of rotatable bonds is 7. The van der Waals surface area contributed by atoms with E-state index >= 15 is 0 Å². The van der Waals surface area contributed by atoms with Gasteiger partial charge in [-0.05, 0) is 51.8 Å². The number of benzene rings is 1. The Morgan fingerprint density at radius 1 is 1.26 bits per heavy atom. The molecule has 166 valence electrons. The number of esters is 1. The summed E-state index contributed by atoms with van der Waals surface area (Å²) in [5.74, 6) is -0.833. The lowest BCUT2D eigenvalue weighted by Crippen LogP contribution is -2.40. The summed E-state index contributed by atoms with van der Waals surface area (Å²) in [6.45, 7) is 5.77. The number of carbonyl (C=O) groups excluding carboxylic acids is 2. The number of carbonyl (C=O) groups is 2. The zero-order valence-corrected chi connectivity index (χ0v) is 19.5. The van der Waals surface area contributed by atoms with E-state index in [9.17, 15) is 9.59 Å². The number of aryl methyl sites for hydroxylation is 1. The van der Waals surface area contributed by atoms with Gasteiger partial charge in [-0.1, -0.05) is 42.1 Å². The number of amides is 1. The van der Waals surface area contributed by atoms with Crippen LogP contribution in [0, 0.1) is 13.8 Å². The number of hydrogen-bond donors (Lipinski definition) is 1. The highest BCUT2D eigenvalue weighted by atomic mass is 35.5. The molecule has 0 bridgehead atoms. The Bertz CT molecular complexity index is 974. The lowest BCUT2D eigenvalue weighted by molar-refractivity contribution is -0.150. The van der Waals surface area contributed by atoms with Gasteiger partial charge in [-0.15, -0.1) is 0 Å². The van der Waals surface area contributed by atoms with Gasteiger partial charge in [0.05, 0.1) is 12.2 Å². The molecule has 31 heavy (non-hydrogen) atoms. The summed E-state index contributed by atoms with van der Waals surface area (Å²) >= 11 is 12.6. The maximum absolute atomic E-state index is 12.2. The average Bonchev–Trinajstić information content (AvgIpc) is 3.31. The van der Waals surface area contributed by atoms with Crippen molar-refractivity contribution in [1.29, 1.82) is 0 Å². The first-order valence-corrected chi connectivity index (χ1v) is 11.2. The van der Waals surface area contributed by atoms with Gasteiger partial charge in [-0.25, -0.2) is 4.79 Å². The van der Waals surface area contributed by atoms with Crippen LogP contribution in [0.25, 0.3) is 6.08 Å². The van der Waals surface area contributed by atoms with Crippen LogP contribution in [0.15, 0.2) is 24.3 Å². The van der Waals surface area contributed by atoms with Gasteiger partial charge in [-0.2, -0.15) is 5.10 Å². The van der Waals surface area contributed by atoms with Crippen LogP contribution >= 0.6 is 23.2 Å². The largest absolute Gasteiger partial charge is 0.449 e. The van der Waals surface area contributed by atoms with Gasteiger partial charge in [0.15, 0.2) is 6.10 Å². The molecule has 1 amide bonds. The molecule has 1 N–H and O–H groups in total. The van der Waals surface area contributed by atoms with Crippen molar-refractivity contribution in [1.82, 2.24) is 15.1 Å². The Kier molecular flexibility index (Phi) is 7.79. The number of nitrogens with one attached hydrogen (secondary N) is 1. The molecule has 2 aromatic rings. The first-order valence-electron chi connectivity index (χ1n) is 10.4. The summed E-state index contributed by atoms with van der Waals surface area (Å²) in [6, 6.07) is 5.56. The van der Waals surface area contributed by atoms with Crippen molar-refractivity contribution in [3.05, 3.63) is 56.8 Å². The summed E-state index contributed by atoms with van der Waals surface area (Å²) < 4.78 is 7.05. The number of halogens is 2. The second kappa shape index (κ2) is 10.3. The first-order chi connectivity index (χ1) is 14.8. The van der Waals surface area contributed by atoms with Gasteiger partial charge in [0.25, 0.3) is 5.91 Å². The fraction of sp³-hybridized carbons (Fsp3) is 0.435. The van der Waals surface area contributed by atoms with Gasteiger partial charge in [0.1, 0.15) is 0 Å². The maximum atomic E-state index is 12.2. The molecule has 0 radical (unpaired) electrons. The van der Waals surface area contributed by atoms with Crippen LogP contribution < -0.4 is 5.32 Å². The van der Waals surface area contributed by atoms with E-state index in [2.05, 4.69) is 10.4 Å². The van der Waals surface area contributed by atoms with Gasteiger partial charge < -0.3 is 10.1 Å². The molecule has 1 aliphatic carbocycles. The molecule has 1 aliphatic rings. The topological polar surface area (TPSA) is 73.2 Å². The zero-order valence-electron chi connectivity index (χ0n) is 18.0. The molecule has 1 aromatic heterocycles. The fourth-order valence-corrected chi connectivity index (χ4v) is 4.26. The Hall–Kier alpha value is -2.31. The smallest absolute Gasteiger partial charge is 0.331 e. The predicted molar refractivity (Wildman–Crippen MR) is 122 cm³/mol. The number of nitrogens with zero attached hydrogens (tertiary/aromatic N) is 2. The van der Waals surface area contributed by atoms with Crippen LogP contribution in [-0.2, 0) is 20.9 Å². The molecule has 1 atom stereocenters. The van der Waals surface area contributed by atoms with Gasteiger partial charge in [0, 0.05) is 39.0 Å². The first kappa shape index (κ1) is 23.4. The number of hydrogen-bond acceptors (Lipinski definition) is 4. The lowest BCUT2D eigenvalue weighted by Gasteiger charge is -2.16. The molecule has 0 saturated heterocycles. The fourth-order valence-electron chi connectivity index (χ4n) is 3.75. The highest BCUT2D eigenvalue weighted by Gasteiger charge is 2.22. The monoisotopic (exact) mass is 463 g/mol. The Morgan fingerprint density at radius 3 is 2.55 bits per heavy atom. The van der Waals surface area contributed by atoms with Crippen LogP contribution in [0.3, 0.4) is 0 Å². The van der Waals surface area contributed by atoms with Crippen LogP contribution in [0.2, 0.25) is 10.0 Å². The minimum Gasteiger partial charge on any atom is -0.449 e. The van der Waals surface area contributed by atoms with Crippen molar-refractivity contribution >= 4 is 41.2 Å². The summed E-state index contributed by atoms with van der Waals surface area (Å²) in [6.07, 6.45) is 6.34. The van der Waals surface area contributed by atoms with E-state index < -0.39 is 12.1 Å². The predicted octanol–water partition coefficient (Wildman–Crippen LogP) is 4.86. The van der Waals surface area contributed by atoms with E-state index in [1.165, 1.54) is 6.08 Å². The maximum Gasteiger partial charge on any atom is 0.331 e. The molecule has 0 aliphatic heterocycles. The van der Waals surface area contributed by atoms with Crippen LogP contribution in [0.1, 0.15) is 55.1 Å². The Labute approximate surface area is 192 Å². The SMILES string of the molecule is Cc1nn(Cc2c(Cl)cccc2Cl)c(C)c1/C=C/C(=O)OC(C)C(=O)NC1CCCC1. The molecule has 3 rings (SSSR count). The Morgan fingerprint density at radius 2 is 1.90 bits per heavy atom. The highest BCUT2D eigenvalue weighted by molar-refractivity contribution is 6.35. The lowest BCUT2D eigenvalue weighted by atomic mass is 10.1. The van der Waals surface area contributed by atoms with E-state index in [0.717, 1.165) is 48.2 Å². The minimum absolute atomic E-state index is 0.187. The van der Waals surface area contributed by atoms with Crippen LogP contribution in [0.5, 0.6) is 0 Å². The Balaban J connectivity index is 1.63. The number of aromatic nitrogens is 2. The van der Waals surface area contributed by atoms with Crippen molar-refractivity contribution in [3.63, 3.8) is 0 Å². The molecule has 1 unspecified atom stereocenters. The average molecular weight is 464 g/mol. The summed E-state index contributed by atoms with van der Waals surface area (Å²) in [4.78, 5) is 24.4. The van der Waals surface area contributed by atoms with E-state index in [4.69, 9.17) is 27.9 Å². The van der Waals surface area contributed by atoms with Crippen molar-refractivity contribution in [2.45, 2.75) is 65.1 Å². The third kappa shape index (κ3) is 5.89. The van der Waals surface area contributed by atoms with Crippen LogP contribution in [-0.4, -0.2) is 33.8 Å². The van der Waals surface area contributed by atoms with Crippen molar-refractivity contribution in [3.8, 4) is 0 Å². The number of ether oxygens (including phenoxy) is 1. The van der Waals surface area contributed by atoms with E-state index in [-0.39, 0.29) is 11.9 Å². The van der Waals surface area contributed by atoms with Gasteiger partial charge in [0.2, 0.25) is 0 Å². The molecular formula is C23H27Cl2N3O3. The third-order valence-electron chi connectivity index (χ3n) is 5.56. The molecule has 1 saturated carbocycles. The van der Waals surface area contributed by atoms with Crippen LogP contribution in [0.4, 0.5) is 0 Å². The molecule has 1 fully saturated rings. The molecule has 1 aromatic carbocycles. The second-order valence-electron chi connectivity index (χ2n) is 7.84.